The number of benzene rings is 1. The zero-order valence-electron chi connectivity index (χ0n) is 14.0. The van der Waals surface area contributed by atoms with Crippen molar-refractivity contribution in [1.82, 2.24) is 19.6 Å². The highest BCUT2D eigenvalue weighted by Crippen LogP contribution is 2.26. The largest absolute Gasteiger partial charge is 0.304 e. The molecule has 0 saturated heterocycles. The van der Waals surface area contributed by atoms with Crippen LogP contribution in [0.2, 0.25) is 5.02 Å². The summed E-state index contributed by atoms with van der Waals surface area (Å²) in [7, 11) is 0. The van der Waals surface area contributed by atoms with E-state index < -0.39 is 0 Å². The van der Waals surface area contributed by atoms with Gasteiger partial charge in [-0.15, -0.1) is 11.3 Å². The molecule has 3 heterocycles. The average Bonchev–Trinajstić information content (AvgIpc) is 3.17. The quantitative estimate of drug-likeness (QED) is 0.570. The van der Waals surface area contributed by atoms with Crippen molar-refractivity contribution in [2.24, 2.45) is 0 Å². The van der Waals surface area contributed by atoms with Crippen molar-refractivity contribution in [3.63, 3.8) is 0 Å². The summed E-state index contributed by atoms with van der Waals surface area (Å²) in [5.41, 5.74) is 2.55. The lowest BCUT2D eigenvalue weighted by Gasteiger charge is -2.06. The fourth-order valence-electron chi connectivity index (χ4n) is 2.69. The number of hydrogen-bond donors (Lipinski definition) is 1. The first-order valence-corrected chi connectivity index (χ1v) is 9.07. The minimum absolute atomic E-state index is 0.279. The van der Waals surface area contributed by atoms with Crippen LogP contribution in [0.4, 0.5) is 5.82 Å². The van der Waals surface area contributed by atoms with Gasteiger partial charge in [0.2, 0.25) is 0 Å². The summed E-state index contributed by atoms with van der Waals surface area (Å²) in [5, 5.41) is 8.88. The third kappa shape index (κ3) is 2.95. The summed E-state index contributed by atoms with van der Waals surface area (Å²) in [4.78, 5) is 22.0. The predicted molar refractivity (Wildman–Crippen MR) is 103 cm³/mol. The molecule has 0 bridgehead atoms. The molecule has 0 aliphatic heterocycles. The molecule has 1 aromatic carbocycles. The Labute approximate surface area is 158 Å². The monoisotopic (exact) mass is 383 g/mol. The van der Waals surface area contributed by atoms with Crippen LogP contribution in [0, 0.1) is 13.8 Å². The molecule has 0 radical (unpaired) electrons. The van der Waals surface area contributed by atoms with E-state index in [1.165, 1.54) is 11.3 Å². The maximum atomic E-state index is 12.5. The highest BCUT2D eigenvalue weighted by atomic mass is 35.5. The van der Waals surface area contributed by atoms with Crippen molar-refractivity contribution >= 4 is 40.3 Å². The number of fused-ring (bicyclic) bond motifs is 1. The average molecular weight is 384 g/mol. The summed E-state index contributed by atoms with van der Waals surface area (Å²) in [5.74, 6) is 0.197. The zero-order valence-corrected chi connectivity index (χ0v) is 15.6. The first-order chi connectivity index (χ1) is 12.5. The molecule has 0 fully saturated rings. The van der Waals surface area contributed by atoms with Crippen molar-refractivity contribution in [1.29, 1.82) is 0 Å². The number of anilines is 1. The van der Waals surface area contributed by atoms with Crippen molar-refractivity contribution in [3.05, 3.63) is 63.2 Å². The molecular weight excluding hydrogens is 370 g/mol. The normalized spacial score (nSPS) is 11.0. The molecule has 4 rings (SSSR count). The van der Waals surface area contributed by atoms with Crippen LogP contribution in [0.25, 0.3) is 16.9 Å². The number of amides is 1. The van der Waals surface area contributed by atoms with Crippen LogP contribution in [-0.4, -0.2) is 25.5 Å². The van der Waals surface area contributed by atoms with E-state index in [0.717, 1.165) is 15.4 Å². The van der Waals surface area contributed by atoms with Gasteiger partial charge in [0.1, 0.15) is 5.69 Å². The lowest BCUT2D eigenvalue weighted by molar-refractivity contribution is 0.102. The van der Waals surface area contributed by atoms with E-state index in [2.05, 4.69) is 20.4 Å². The summed E-state index contributed by atoms with van der Waals surface area (Å²) in [6, 6.07) is 11.2. The Kier molecular flexibility index (Phi) is 4.18. The Balaban J connectivity index is 1.72. The Morgan fingerprint density at radius 3 is 2.73 bits per heavy atom. The number of thiazole rings is 1. The molecule has 1 N–H and O–H groups in total. The van der Waals surface area contributed by atoms with Crippen molar-refractivity contribution < 1.29 is 4.79 Å². The van der Waals surface area contributed by atoms with Gasteiger partial charge >= 0.3 is 0 Å². The summed E-state index contributed by atoms with van der Waals surface area (Å²) in [6.45, 7) is 3.75. The maximum Gasteiger partial charge on any atom is 0.276 e. The SMILES string of the molecule is Cc1nc(C(=O)Nc2cnc3ccc(-c4ccccc4Cl)nn23)c(C)s1. The second-order valence-corrected chi connectivity index (χ2v) is 7.52. The van der Waals surface area contributed by atoms with Gasteiger partial charge in [-0.3, -0.25) is 4.79 Å². The number of imidazole rings is 1. The van der Waals surface area contributed by atoms with Crippen molar-refractivity contribution in [3.8, 4) is 11.3 Å². The standard InChI is InChI=1S/C18H14ClN5OS/c1-10-17(21-11(2)26-10)18(25)22-16-9-20-15-8-7-14(23-24(15)16)12-5-3-4-6-13(12)19/h3-9H,1-2H3,(H,22,25). The highest BCUT2D eigenvalue weighted by Gasteiger charge is 2.17. The molecule has 4 aromatic rings. The van der Waals surface area contributed by atoms with E-state index in [1.54, 1.807) is 10.7 Å². The fraction of sp³-hybridized carbons (Fsp3) is 0.111. The van der Waals surface area contributed by atoms with Crippen LogP contribution in [0.3, 0.4) is 0 Å². The van der Waals surface area contributed by atoms with Crippen LogP contribution in [0.1, 0.15) is 20.4 Å². The van der Waals surface area contributed by atoms with Crippen molar-refractivity contribution in [2.75, 3.05) is 5.32 Å². The second kappa shape index (κ2) is 6.51. The van der Waals surface area contributed by atoms with Gasteiger partial charge in [0.15, 0.2) is 11.5 Å². The van der Waals surface area contributed by atoms with Crippen LogP contribution in [0.15, 0.2) is 42.6 Å². The van der Waals surface area contributed by atoms with Crippen LogP contribution < -0.4 is 5.32 Å². The van der Waals surface area contributed by atoms with Gasteiger partial charge in [-0.2, -0.15) is 9.61 Å². The van der Waals surface area contributed by atoms with Gasteiger partial charge in [0.05, 0.1) is 21.9 Å². The number of carbonyl (C=O) groups excluding carboxylic acids is 1. The van der Waals surface area contributed by atoms with E-state index in [-0.39, 0.29) is 5.91 Å². The van der Waals surface area contributed by atoms with Gasteiger partial charge in [0.25, 0.3) is 5.91 Å². The summed E-state index contributed by atoms with van der Waals surface area (Å²) >= 11 is 7.76. The van der Waals surface area contributed by atoms with Gasteiger partial charge < -0.3 is 5.32 Å². The second-order valence-electron chi connectivity index (χ2n) is 5.70. The number of hydrogen-bond acceptors (Lipinski definition) is 5. The lowest BCUT2D eigenvalue weighted by atomic mass is 10.1. The van der Waals surface area contributed by atoms with E-state index in [4.69, 9.17) is 11.6 Å². The summed E-state index contributed by atoms with van der Waals surface area (Å²) in [6.07, 6.45) is 1.57. The Morgan fingerprint density at radius 1 is 1.19 bits per heavy atom. The fourth-order valence-corrected chi connectivity index (χ4v) is 3.73. The number of nitrogens with one attached hydrogen (secondary N) is 1. The topological polar surface area (TPSA) is 72.2 Å². The molecule has 6 nitrogen and oxygen atoms in total. The van der Waals surface area contributed by atoms with Gasteiger partial charge in [-0.1, -0.05) is 29.8 Å². The number of aryl methyl sites for hydroxylation is 2. The molecule has 1 amide bonds. The predicted octanol–water partition coefficient (Wildman–Crippen LogP) is 4.38. The van der Waals surface area contributed by atoms with E-state index >= 15 is 0 Å². The Morgan fingerprint density at radius 2 is 2.00 bits per heavy atom. The molecule has 0 unspecified atom stereocenters. The zero-order chi connectivity index (χ0) is 18.3. The molecule has 3 aromatic heterocycles. The third-order valence-electron chi connectivity index (χ3n) is 3.87. The molecule has 0 atom stereocenters. The molecule has 26 heavy (non-hydrogen) atoms. The number of halogens is 1. The number of rotatable bonds is 3. The molecule has 8 heteroatoms. The highest BCUT2D eigenvalue weighted by molar-refractivity contribution is 7.11. The van der Waals surface area contributed by atoms with Crippen molar-refractivity contribution in [2.45, 2.75) is 13.8 Å². The first-order valence-electron chi connectivity index (χ1n) is 7.88. The molecule has 0 aliphatic carbocycles. The van der Waals surface area contributed by atoms with Crippen LogP contribution >= 0.6 is 22.9 Å². The van der Waals surface area contributed by atoms with E-state index in [9.17, 15) is 4.79 Å². The van der Waals surface area contributed by atoms with Gasteiger partial charge in [0, 0.05) is 10.4 Å². The summed E-state index contributed by atoms with van der Waals surface area (Å²) < 4.78 is 1.59. The smallest absolute Gasteiger partial charge is 0.276 e. The van der Waals surface area contributed by atoms with E-state index in [0.29, 0.717) is 27.9 Å². The molecular formula is C18H14ClN5OS. The molecule has 0 aliphatic rings. The molecule has 0 saturated carbocycles. The Hall–Kier alpha value is -2.77. The van der Waals surface area contributed by atoms with Crippen LogP contribution in [0.5, 0.6) is 0 Å². The molecule has 130 valence electrons. The lowest BCUT2D eigenvalue weighted by Crippen LogP contribution is -2.15. The minimum Gasteiger partial charge on any atom is -0.304 e. The minimum atomic E-state index is -0.279. The van der Waals surface area contributed by atoms with Gasteiger partial charge in [-0.05, 0) is 32.0 Å². The van der Waals surface area contributed by atoms with Gasteiger partial charge in [-0.25, -0.2) is 9.97 Å². The third-order valence-corrected chi connectivity index (χ3v) is 5.09. The number of carbonyl (C=O) groups is 1. The molecule has 0 spiro atoms. The number of aromatic nitrogens is 4. The van der Waals surface area contributed by atoms with E-state index in [1.807, 2.05) is 50.2 Å². The Bertz CT molecular complexity index is 1130. The van der Waals surface area contributed by atoms with Crippen LogP contribution in [-0.2, 0) is 0 Å². The first kappa shape index (κ1) is 16.7. The number of nitrogens with zero attached hydrogens (tertiary/aromatic N) is 4. The maximum absolute atomic E-state index is 12.5.